The molecule has 10 rings (SSSR count). The van der Waals surface area contributed by atoms with E-state index in [-0.39, 0.29) is 75.5 Å². The minimum absolute atomic E-state index is 0.0930. The van der Waals surface area contributed by atoms with Gasteiger partial charge in [0.25, 0.3) is 11.8 Å². The highest BCUT2D eigenvalue weighted by atomic mass is 16.5. The van der Waals surface area contributed by atoms with Gasteiger partial charge in [-0.3, -0.25) is 57.5 Å². The fraction of sp³-hybridized carbons (Fsp3) is 0.558. The molecule has 0 radical (unpaired) electrons. The Labute approximate surface area is 690 Å². The van der Waals surface area contributed by atoms with E-state index >= 15 is 0 Å². The van der Waals surface area contributed by atoms with Crippen LogP contribution in [-0.2, 0) is 80.1 Å². The Morgan fingerprint density at radius 3 is 1.19 bits per heavy atom. The van der Waals surface area contributed by atoms with Crippen LogP contribution in [0.1, 0.15) is 164 Å². The minimum Gasteiger partial charge on any atom is -0.493 e. The molecular weight excluding hydrogens is 1520 g/mol. The summed E-state index contributed by atoms with van der Waals surface area (Å²) in [7, 11) is 9.57. The Balaban J connectivity index is 0.000000269. The normalized spacial score (nSPS) is 21.5. The number of benzene rings is 4. The van der Waals surface area contributed by atoms with Gasteiger partial charge in [-0.1, -0.05) is 150 Å². The summed E-state index contributed by atoms with van der Waals surface area (Å²) in [4.78, 5) is 199. The van der Waals surface area contributed by atoms with Crippen LogP contribution in [0.3, 0.4) is 0 Å². The van der Waals surface area contributed by atoms with Crippen LogP contribution in [0.2, 0.25) is 0 Å². The van der Waals surface area contributed by atoms with Crippen LogP contribution in [0.15, 0.2) is 109 Å². The van der Waals surface area contributed by atoms with Crippen molar-refractivity contribution in [3.05, 3.63) is 131 Å². The first-order valence-corrected chi connectivity index (χ1v) is 41.4. The van der Waals surface area contributed by atoms with Gasteiger partial charge in [-0.25, -0.2) is 9.59 Å². The Bertz CT molecular complexity index is 3860. The van der Waals surface area contributed by atoms with Crippen molar-refractivity contribution in [1.82, 2.24) is 71.9 Å². The van der Waals surface area contributed by atoms with Crippen molar-refractivity contribution >= 4 is 82.7 Å². The zero-order chi connectivity index (χ0) is 85.0. The lowest BCUT2D eigenvalue weighted by molar-refractivity contribution is -0.143. The number of rotatable bonds is 24. The molecule has 2 saturated carbocycles. The second kappa shape index (κ2) is 45.1. The number of carbonyl (C=O) groups excluding carboxylic acids is 14. The largest absolute Gasteiger partial charge is 0.493 e. The van der Waals surface area contributed by atoms with Crippen LogP contribution in [-0.4, -0.2) is 255 Å². The molecular formula is C86H118N14O18. The molecule has 4 heterocycles. The summed E-state index contributed by atoms with van der Waals surface area (Å²) in [5.74, 6) is -7.23. The number of likely N-dealkylation sites (N-methyl/N-ethyl adjacent to an activating group) is 2. The molecule has 10 atom stereocenters. The molecule has 0 spiro atoms. The summed E-state index contributed by atoms with van der Waals surface area (Å²) in [6, 6.07) is 23.0. The summed E-state index contributed by atoms with van der Waals surface area (Å²) >= 11 is 0. The van der Waals surface area contributed by atoms with E-state index in [0.717, 1.165) is 75.3 Å². The SMILES string of the molecule is CCC[C@@H](NC(=O)[C@@H]1C[C@@H]2CN1C(=O)[C@H](C1CCCCC1)NC(=O)N(C)Cc1cccc(c1)OCCCO2)C(=O)C(=O)NCC(=O)N[C@H](C(=O)N(C)C)c1ccccc1.CCC[C@H](NC(=O)[C@@H]1C[C@@H]2CN1C(=O)[C@H](C1CCCCC1)NC(=O)N(C)Cc1cccc(c1)OCCCO2)C(=O)C(=O)NCC(=O)N[C@H](C(=O)N(C)C)c1ccccc1. The topological polar surface area (TPSA) is 392 Å². The van der Waals surface area contributed by atoms with Crippen molar-refractivity contribution in [1.29, 1.82) is 0 Å². The number of carbonyl (C=O) groups is 14. The summed E-state index contributed by atoms with van der Waals surface area (Å²) in [6.07, 6.45) is 10.1. The zero-order valence-electron chi connectivity index (χ0n) is 69.2. The van der Waals surface area contributed by atoms with Crippen molar-refractivity contribution in [3.8, 4) is 11.5 Å². The third-order valence-electron chi connectivity index (χ3n) is 22.1. The molecule has 4 aromatic carbocycles. The van der Waals surface area contributed by atoms with Gasteiger partial charge in [0.1, 0.15) is 47.8 Å². The maximum atomic E-state index is 14.7. The first kappa shape index (κ1) is 90.9. The molecule has 32 nitrogen and oxygen atoms in total. The van der Waals surface area contributed by atoms with E-state index in [1.54, 1.807) is 117 Å². The van der Waals surface area contributed by atoms with Gasteiger partial charge in [0.05, 0.1) is 63.8 Å². The number of urea groups is 2. The van der Waals surface area contributed by atoms with Crippen LogP contribution in [0.5, 0.6) is 11.5 Å². The molecule has 4 aliphatic heterocycles. The van der Waals surface area contributed by atoms with E-state index in [1.165, 1.54) is 29.4 Å². The number of ketones is 2. The van der Waals surface area contributed by atoms with Crippen LogP contribution in [0.4, 0.5) is 9.59 Å². The van der Waals surface area contributed by atoms with E-state index in [2.05, 4.69) is 42.5 Å². The molecule has 32 heteroatoms. The number of ether oxygens (including phenoxy) is 4. The Morgan fingerprint density at radius 2 is 0.839 bits per heavy atom. The second-order valence-corrected chi connectivity index (χ2v) is 31.6. The van der Waals surface area contributed by atoms with Crippen LogP contribution < -0.4 is 52.0 Å². The standard InChI is InChI=1S/2C43H59N7O9/c2*1-5-14-33(38(52)40(54)44-25-35(51)46-36(41(55)48(2)3)29-16-8-6-9-17-29)45-39(53)34-24-32-27-50(34)42(56)37(30-18-10-7-11-19-30)47-43(57)49(4)26-28-15-12-20-31(23-28)58-21-13-22-59-32/h2*6,8-9,12,15-17,20,23,30,32-34,36-37H,5,7,10-11,13-14,18-19,21-22,24-27H2,1-4H3,(H,44,54)(H,45,53)(H,46,51)(H,47,57)/t32-,33+,34+,36+,37+;32-,33-,34+,36+,37+/m11/s1. The molecule has 8 N–H and O–H groups in total. The molecule has 6 aliphatic rings. The van der Waals surface area contributed by atoms with E-state index in [4.69, 9.17) is 18.9 Å². The number of nitrogens with zero attached hydrogens (tertiary/aromatic N) is 6. The first-order valence-electron chi connectivity index (χ1n) is 41.4. The van der Waals surface area contributed by atoms with E-state index < -0.39 is 145 Å². The predicted octanol–water partition coefficient (Wildman–Crippen LogP) is 4.92. The third-order valence-corrected chi connectivity index (χ3v) is 22.1. The highest BCUT2D eigenvalue weighted by Crippen LogP contribution is 2.34. The summed E-state index contributed by atoms with van der Waals surface area (Å²) < 4.78 is 24.3. The number of nitrogens with one attached hydrogen (secondary N) is 8. The fourth-order valence-corrected chi connectivity index (χ4v) is 15.8. The highest BCUT2D eigenvalue weighted by Gasteiger charge is 2.48. The second-order valence-electron chi connectivity index (χ2n) is 31.6. The number of amides is 14. The van der Waals surface area contributed by atoms with Crippen LogP contribution >= 0.6 is 0 Å². The smallest absolute Gasteiger partial charge is 0.318 e. The molecule has 118 heavy (non-hydrogen) atoms. The van der Waals surface area contributed by atoms with Gasteiger partial charge in [-0.05, 0) is 96.9 Å². The Morgan fingerprint density at radius 1 is 0.466 bits per heavy atom. The van der Waals surface area contributed by atoms with Crippen LogP contribution in [0.25, 0.3) is 0 Å². The van der Waals surface area contributed by atoms with Gasteiger partial charge in [0.15, 0.2) is 0 Å². The van der Waals surface area contributed by atoms with Crippen molar-refractivity contribution in [2.75, 3.05) is 94.9 Å². The van der Waals surface area contributed by atoms with Crippen molar-refractivity contribution < 1.29 is 86.1 Å². The first-order chi connectivity index (χ1) is 56.7. The molecule has 2 aliphatic carbocycles. The zero-order valence-corrected chi connectivity index (χ0v) is 69.2. The molecule has 0 unspecified atom stereocenters. The van der Waals surface area contributed by atoms with Gasteiger partial charge < -0.3 is 90.9 Å². The molecule has 14 amide bonds. The number of hydrogen-bond acceptors (Lipinski definition) is 18. The highest BCUT2D eigenvalue weighted by molar-refractivity contribution is 6.39. The average Bonchev–Trinajstić information content (AvgIpc) is 1.62. The lowest BCUT2D eigenvalue weighted by atomic mass is 9.83. The van der Waals surface area contributed by atoms with Crippen molar-refractivity contribution in [2.24, 2.45) is 11.8 Å². The van der Waals surface area contributed by atoms with Gasteiger partial charge in [0, 0.05) is 94.1 Å². The summed E-state index contributed by atoms with van der Waals surface area (Å²) in [5.41, 5.74) is 2.82. The molecule has 4 aromatic rings. The van der Waals surface area contributed by atoms with E-state index in [1.807, 2.05) is 48.5 Å². The summed E-state index contributed by atoms with van der Waals surface area (Å²) in [6.45, 7) is 4.53. The van der Waals surface area contributed by atoms with Gasteiger partial charge >= 0.3 is 12.1 Å². The maximum Gasteiger partial charge on any atom is 0.318 e. The molecule has 0 aromatic heterocycles. The van der Waals surface area contributed by atoms with Gasteiger partial charge in [0.2, 0.25) is 58.8 Å². The Hall–Kier alpha value is -11.0. The Kier molecular flexibility index (Phi) is 34.7. The monoisotopic (exact) mass is 1630 g/mol. The summed E-state index contributed by atoms with van der Waals surface area (Å²) in [5, 5.41) is 21.4. The van der Waals surface area contributed by atoms with Crippen molar-refractivity contribution in [3.63, 3.8) is 0 Å². The van der Waals surface area contributed by atoms with Gasteiger partial charge in [-0.15, -0.1) is 0 Å². The van der Waals surface area contributed by atoms with Gasteiger partial charge in [-0.2, -0.15) is 0 Å². The minimum atomic E-state index is -1.25. The maximum absolute atomic E-state index is 14.7. The van der Waals surface area contributed by atoms with Crippen molar-refractivity contribution in [2.45, 2.75) is 203 Å². The number of Topliss-reactive ketones (excluding diaryl/α,β-unsaturated/α-hetero) is 2. The predicted molar refractivity (Wildman–Crippen MR) is 435 cm³/mol. The number of fused-ring (bicyclic) bond motifs is 8. The van der Waals surface area contributed by atoms with Crippen LogP contribution in [0, 0.1) is 11.8 Å². The lowest BCUT2D eigenvalue weighted by Gasteiger charge is -2.35. The fourth-order valence-electron chi connectivity index (χ4n) is 15.8. The van der Waals surface area contributed by atoms with E-state index in [0.29, 0.717) is 74.7 Å². The molecule has 4 fully saturated rings. The quantitative estimate of drug-likeness (QED) is 0.0431. The average molecular weight is 1640 g/mol. The molecule has 2 saturated heterocycles. The van der Waals surface area contributed by atoms with E-state index in [9.17, 15) is 67.1 Å². The number of hydrogen-bond donors (Lipinski definition) is 8. The molecule has 640 valence electrons. The lowest BCUT2D eigenvalue weighted by Crippen LogP contribution is -2.59. The molecule has 8 bridgehead atoms. The third kappa shape index (κ3) is 26.0.